The van der Waals surface area contributed by atoms with E-state index in [1.807, 2.05) is 6.07 Å². The summed E-state index contributed by atoms with van der Waals surface area (Å²) in [7, 11) is 0. The van der Waals surface area contributed by atoms with Crippen molar-refractivity contribution >= 4 is 29.1 Å². The fraction of sp³-hybridized carbons (Fsp3) is 0.278. The van der Waals surface area contributed by atoms with Gasteiger partial charge in [0.25, 0.3) is 0 Å². The van der Waals surface area contributed by atoms with Crippen LogP contribution in [0.5, 0.6) is 0 Å². The predicted molar refractivity (Wildman–Crippen MR) is 96.1 cm³/mol. The van der Waals surface area contributed by atoms with E-state index in [9.17, 15) is 9.18 Å². The van der Waals surface area contributed by atoms with Gasteiger partial charge in [0.1, 0.15) is 5.82 Å². The van der Waals surface area contributed by atoms with Crippen molar-refractivity contribution in [3.63, 3.8) is 0 Å². The lowest BCUT2D eigenvalue weighted by molar-refractivity contribution is -0.120. The zero-order valence-electron chi connectivity index (χ0n) is 13.1. The van der Waals surface area contributed by atoms with Gasteiger partial charge in [-0.25, -0.2) is 4.39 Å². The molecule has 0 aliphatic heterocycles. The zero-order chi connectivity index (χ0) is 17.4. The quantitative estimate of drug-likeness (QED) is 0.698. The molecule has 6 heteroatoms. The number of nitrogens with one attached hydrogen (secondary N) is 2. The summed E-state index contributed by atoms with van der Waals surface area (Å²) < 4.78 is 12.8. The van der Waals surface area contributed by atoms with E-state index in [1.165, 1.54) is 12.1 Å². The number of hydrogen-bond acceptors (Lipinski definition) is 2. The van der Waals surface area contributed by atoms with E-state index in [1.54, 1.807) is 24.3 Å². The lowest BCUT2D eigenvalue weighted by Crippen LogP contribution is -2.35. The van der Waals surface area contributed by atoms with Gasteiger partial charge < -0.3 is 10.6 Å². The van der Waals surface area contributed by atoms with E-state index >= 15 is 0 Å². The second-order valence-corrected chi connectivity index (χ2v) is 6.23. The van der Waals surface area contributed by atoms with Gasteiger partial charge in [-0.05, 0) is 54.8 Å². The van der Waals surface area contributed by atoms with Crippen LogP contribution in [-0.2, 0) is 17.6 Å². The summed E-state index contributed by atoms with van der Waals surface area (Å²) >= 11 is 11.9. The van der Waals surface area contributed by atoms with Gasteiger partial charge in [0.05, 0.1) is 6.54 Å². The summed E-state index contributed by atoms with van der Waals surface area (Å²) in [4.78, 5) is 11.7. The molecular weight excluding hydrogens is 350 g/mol. The van der Waals surface area contributed by atoms with Crippen LogP contribution in [-0.4, -0.2) is 25.5 Å². The van der Waals surface area contributed by atoms with Crippen LogP contribution in [0.4, 0.5) is 4.39 Å². The molecule has 0 unspecified atom stereocenters. The van der Waals surface area contributed by atoms with Crippen LogP contribution in [0.3, 0.4) is 0 Å². The molecule has 0 aliphatic rings. The first-order valence-electron chi connectivity index (χ1n) is 7.70. The lowest BCUT2D eigenvalue weighted by atomic mass is 10.1. The van der Waals surface area contributed by atoms with Gasteiger partial charge in [-0.15, -0.1) is 0 Å². The lowest BCUT2D eigenvalue weighted by Gasteiger charge is -2.08. The second-order valence-electron chi connectivity index (χ2n) is 5.39. The Labute approximate surface area is 151 Å². The Morgan fingerprint density at radius 3 is 2.46 bits per heavy atom. The minimum Gasteiger partial charge on any atom is -0.355 e. The Morgan fingerprint density at radius 2 is 1.75 bits per heavy atom. The standard InChI is InChI=1S/C18H19Cl2FN2O/c19-15-4-3-14(17(20)11-15)8-9-22-12-18(24)23-10-7-13-1-5-16(21)6-2-13/h1-6,11,22H,7-10,12H2,(H,23,24). The van der Waals surface area contributed by atoms with Gasteiger partial charge in [0.2, 0.25) is 5.91 Å². The summed E-state index contributed by atoms with van der Waals surface area (Å²) in [6.07, 6.45) is 1.39. The summed E-state index contributed by atoms with van der Waals surface area (Å²) in [6.45, 7) is 1.41. The van der Waals surface area contributed by atoms with E-state index in [0.29, 0.717) is 29.6 Å². The fourth-order valence-corrected chi connectivity index (χ4v) is 2.71. The van der Waals surface area contributed by atoms with Gasteiger partial charge in [-0.1, -0.05) is 41.4 Å². The highest BCUT2D eigenvalue weighted by molar-refractivity contribution is 6.35. The molecule has 0 fully saturated rings. The summed E-state index contributed by atoms with van der Waals surface area (Å²) in [5.74, 6) is -0.327. The van der Waals surface area contributed by atoms with E-state index in [0.717, 1.165) is 17.5 Å². The molecule has 0 bridgehead atoms. The highest BCUT2D eigenvalue weighted by Gasteiger charge is 2.03. The van der Waals surface area contributed by atoms with E-state index in [4.69, 9.17) is 23.2 Å². The number of halogens is 3. The largest absolute Gasteiger partial charge is 0.355 e. The highest BCUT2D eigenvalue weighted by Crippen LogP contribution is 2.20. The molecule has 24 heavy (non-hydrogen) atoms. The maximum absolute atomic E-state index is 12.8. The average Bonchev–Trinajstić information content (AvgIpc) is 2.55. The van der Waals surface area contributed by atoms with Crippen LogP contribution < -0.4 is 10.6 Å². The molecule has 0 spiro atoms. The topological polar surface area (TPSA) is 41.1 Å². The van der Waals surface area contributed by atoms with E-state index in [2.05, 4.69) is 10.6 Å². The van der Waals surface area contributed by atoms with Crippen LogP contribution in [0, 0.1) is 5.82 Å². The first-order chi connectivity index (χ1) is 11.5. The Morgan fingerprint density at radius 1 is 1.00 bits per heavy atom. The third kappa shape index (κ3) is 6.48. The molecule has 0 saturated heterocycles. The van der Waals surface area contributed by atoms with E-state index < -0.39 is 0 Å². The van der Waals surface area contributed by atoms with Crippen molar-refractivity contribution in [2.24, 2.45) is 0 Å². The maximum Gasteiger partial charge on any atom is 0.233 e. The van der Waals surface area contributed by atoms with Crippen molar-refractivity contribution in [1.82, 2.24) is 10.6 Å². The molecule has 3 nitrogen and oxygen atoms in total. The normalized spacial score (nSPS) is 10.6. The number of carbonyl (C=O) groups is 1. The average molecular weight is 369 g/mol. The number of amides is 1. The molecule has 1 amide bonds. The van der Waals surface area contributed by atoms with Gasteiger partial charge in [0.15, 0.2) is 0 Å². The molecule has 2 aromatic rings. The van der Waals surface area contributed by atoms with Crippen molar-refractivity contribution in [3.05, 3.63) is 69.5 Å². The molecule has 0 saturated carbocycles. The highest BCUT2D eigenvalue weighted by atomic mass is 35.5. The second kappa shape index (κ2) is 9.62. The number of benzene rings is 2. The predicted octanol–water partition coefficient (Wildman–Crippen LogP) is 3.62. The van der Waals surface area contributed by atoms with Crippen molar-refractivity contribution < 1.29 is 9.18 Å². The van der Waals surface area contributed by atoms with Crippen LogP contribution in [0.15, 0.2) is 42.5 Å². The van der Waals surface area contributed by atoms with Crippen molar-refractivity contribution in [3.8, 4) is 0 Å². The summed E-state index contributed by atoms with van der Waals surface area (Å²) in [5, 5.41) is 7.14. The Kier molecular flexibility index (Phi) is 7.50. The minimum atomic E-state index is -0.257. The molecule has 0 atom stereocenters. The summed E-state index contributed by atoms with van der Waals surface area (Å²) in [5.41, 5.74) is 1.98. The molecule has 2 rings (SSSR count). The third-order valence-corrected chi connectivity index (χ3v) is 4.11. The van der Waals surface area contributed by atoms with Crippen LogP contribution in [0.25, 0.3) is 0 Å². The fourth-order valence-electron chi connectivity index (χ4n) is 2.21. The Hall–Kier alpha value is -1.62. The molecule has 0 aromatic heterocycles. The molecule has 0 radical (unpaired) electrons. The molecule has 0 heterocycles. The van der Waals surface area contributed by atoms with Gasteiger partial charge in [-0.3, -0.25) is 4.79 Å². The van der Waals surface area contributed by atoms with Crippen LogP contribution >= 0.6 is 23.2 Å². The first kappa shape index (κ1) is 18.7. The van der Waals surface area contributed by atoms with E-state index in [-0.39, 0.29) is 18.3 Å². The monoisotopic (exact) mass is 368 g/mol. The number of hydrogen-bond donors (Lipinski definition) is 2. The van der Waals surface area contributed by atoms with Crippen LogP contribution in [0.1, 0.15) is 11.1 Å². The van der Waals surface area contributed by atoms with Gasteiger partial charge in [0, 0.05) is 16.6 Å². The minimum absolute atomic E-state index is 0.0701. The number of rotatable bonds is 8. The molecule has 128 valence electrons. The molecule has 2 aromatic carbocycles. The molecule has 0 aliphatic carbocycles. The molecular formula is C18H19Cl2FN2O. The van der Waals surface area contributed by atoms with Crippen molar-refractivity contribution in [2.75, 3.05) is 19.6 Å². The zero-order valence-corrected chi connectivity index (χ0v) is 14.6. The van der Waals surface area contributed by atoms with Crippen molar-refractivity contribution in [1.29, 1.82) is 0 Å². The Bertz CT molecular complexity index is 677. The van der Waals surface area contributed by atoms with Gasteiger partial charge in [-0.2, -0.15) is 0 Å². The maximum atomic E-state index is 12.8. The van der Waals surface area contributed by atoms with Gasteiger partial charge >= 0.3 is 0 Å². The van der Waals surface area contributed by atoms with Crippen LogP contribution in [0.2, 0.25) is 10.0 Å². The van der Waals surface area contributed by atoms with Crippen molar-refractivity contribution in [2.45, 2.75) is 12.8 Å². The SMILES string of the molecule is O=C(CNCCc1ccc(Cl)cc1Cl)NCCc1ccc(F)cc1. The summed E-state index contributed by atoms with van der Waals surface area (Å²) in [6, 6.07) is 11.7. The Balaban J connectivity index is 1.60. The smallest absolute Gasteiger partial charge is 0.233 e. The first-order valence-corrected chi connectivity index (χ1v) is 8.46. The molecule has 2 N–H and O–H groups in total. The number of carbonyl (C=O) groups excluding carboxylic acids is 1. The third-order valence-electron chi connectivity index (χ3n) is 3.52.